The third kappa shape index (κ3) is 5.43. The summed E-state index contributed by atoms with van der Waals surface area (Å²) in [5.74, 6) is -0.118. The van der Waals surface area contributed by atoms with Gasteiger partial charge in [-0.3, -0.25) is 4.79 Å². The number of aryl methyl sites for hydroxylation is 1. The Morgan fingerprint density at radius 2 is 1.91 bits per heavy atom. The van der Waals surface area contributed by atoms with E-state index in [1.807, 2.05) is 18.2 Å². The summed E-state index contributed by atoms with van der Waals surface area (Å²) in [7, 11) is 0. The molecule has 1 aromatic heterocycles. The number of carbonyl (C=O) groups is 1. The molecule has 0 spiro atoms. The molecule has 0 saturated carbocycles. The Bertz CT molecular complexity index is 1370. The van der Waals surface area contributed by atoms with Crippen LogP contribution < -0.4 is 10.1 Å². The zero-order valence-electron chi connectivity index (χ0n) is 18.0. The predicted molar refractivity (Wildman–Crippen MR) is 135 cm³/mol. The fourth-order valence-corrected chi connectivity index (χ4v) is 5.43. The lowest BCUT2D eigenvalue weighted by molar-refractivity contribution is -0.112. The first-order chi connectivity index (χ1) is 16.5. The summed E-state index contributed by atoms with van der Waals surface area (Å²) in [4.78, 5) is 14.1. The molecule has 34 heavy (non-hydrogen) atoms. The van der Waals surface area contributed by atoms with Crippen LogP contribution in [0.5, 0.6) is 5.75 Å². The van der Waals surface area contributed by atoms with E-state index in [1.165, 1.54) is 17.4 Å². The van der Waals surface area contributed by atoms with E-state index in [2.05, 4.69) is 11.4 Å². The highest BCUT2D eigenvalue weighted by atomic mass is 35.5. The molecule has 1 N–H and O–H groups in total. The van der Waals surface area contributed by atoms with E-state index in [9.17, 15) is 15.3 Å². The Labute approximate surface area is 211 Å². The lowest BCUT2D eigenvalue weighted by atomic mass is 9.96. The molecule has 0 bridgehead atoms. The number of anilines is 1. The highest BCUT2D eigenvalue weighted by Gasteiger charge is 2.23. The van der Waals surface area contributed by atoms with Gasteiger partial charge < -0.3 is 10.1 Å². The molecule has 5 nitrogen and oxygen atoms in total. The highest BCUT2D eigenvalue weighted by Crippen LogP contribution is 2.38. The van der Waals surface area contributed by atoms with Crippen LogP contribution in [0.1, 0.15) is 40.0 Å². The second kappa shape index (κ2) is 10.8. The van der Waals surface area contributed by atoms with Crippen LogP contribution in [-0.4, -0.2) is 5.91 Å². The molecule has 3 aromatic rings. The summed E-state index contributed by atoms with van der Waals surface area (Å²) in [5.41, 5.74) is 2.76. The molecule has 0 saturated heterocycles. The Morgan fingerprint density at radius 3 is 2.68 bits per heavy atom. The van der Waals surface area contributed by atoms with E-state index < -0.39 is 5.91 Å². The number of nitriles is 2. The number of rotatable bonds is 6. The summed E-state index contributed by atoms with van der Waals surface area (Å²) < 4.78 is 5.92. The first-order valence-electron chi connectivity index (χ1n) is 10.6. The van der Waals surface area contributed by atoms with Crippen LogP contribution in [0.25, 0.3) is 6.08 Å². The van der Waals surface area contributed by atoms with Crippen LogP contribution in [0.2, 0.25) is 10.0 Å². The predicted octanol–water partition coefficient (Wildman–Crippen LogP) is 6.93. The van der Waals surface area contributed by atoms with Crippen LogP contribution in [0.3, 0.4) is 0 Å². The van der Waals surface area contributed by atoms with Crippen LogP contribution >= 0.6 is 34.5 Å². The van der Waals surface area contributed by atoms with Crippen molar-refractivity contribution in [1.82, 2.24) is 0 Å². The summed E-state index contributed by atoms with van der Waals surface area (Å²) >= 11 is 13.6. The summed E-state index contributed by atoms with van der Waals surface area (Å²) in [6.07, 6.45) is 5.28. The largest absolute Gasteiger partial charge is 0.488 e. The van der Waals surface area contributed by atoms with Gasteiger partial charge in [-0.25, -0.2) is 0 Å². The standard InChI is InChI=1S/C26H19Cl2N3O2S/c27-19-5-3-4-16(10-19)15-33-23-9-8-20(28)12-17(23)11-18(13-29)25(32)31-26-22(14-30)21-6-1-2-7-24(21)34-26/h3-5,8-12H,1-2,6-7,15H2,(H,31,32)/b18-11+. The van der Waals surface area contributed by atoms with E-state index in [-0.39, 0.29) is 12.2 Å². The number of carbonyl (C=O) groups excluding carboxylic acids is 1. The SMILES string of the molecule is N#C/C(=C\c1cc(Cl)ccc1OCc1cccc(Cl)c1)C(=O)Nc1sc2c(c1C#N)CCCC2. The Balaban J connectivity index is 1.58. The molecule has 1 heterocycles. The molecular weight excluding hydrogens is 489 g/mol. The van der Waals surface area contributed by atoms with Gasteiger partial charge in [0.1, 0.15) is 35.1 Å². The van der Waals surface area contributed by atoms with Crippen molar-refractivity contribution in [3.05, 3.63) is 85.2 Å². The maximum absolute atomic E-state index is 12.9. The summed E-state index contributed by atoms with van der Waals surface area (Å²) in [6.45, 7) is 0.253. The molecule has 0 fully saturated rings. The molecule has 4 rings (SSSR count). The fourth-order valence-electron chi connectivity index (χ4n) is 3.80. The van der Waals surface area contributed by atoms with Crippen molar-refractivity contribution in [2.24, 2.45) is 0 Å². The topological polar surface area (TPSA) is 85.9 Å². The second-order valence-electron chi connectivity index (χ2n) is 7.75. The number of hydrogen-bond acceptors (Lipinski definition) is 5. The Morgan fingerprint density at radius 1 is 1.12 bits per heavy atom. The van der Waals surface area contributed by atoms with Gasteiger partial charge in [-0.05, 0) is 73.2 Å². The van der Waals surface area contributed by atoms with Gasteiger partial charge in [0.2, 0.25) is 0 Å². The van der Waals surface area contributed by atoms with Crippen molar-refractivity contribution in [3.63, 3.8) is 0 Å². The molecule has 0 radical (unpaired) electrons. The average molecular weight is 508 g/mol. The first-order valence-corrected chi connectivity index (χ1v) is 12.2. The van der Waals surface area contributed by atoms with Crippen molar-refractivity contribution < 1.29 is 9.53 Å². The van der Waals surface area contributed by atoms with Crippen LogP contribution in [0.15, 0.2) is 48.0 Å². The summed E-state index contributed by atoms with van der Waals surface area (Å²) in [5, 5.41) is 23.6. The van der Waals surface area contributed by atoms with Gasteiger partial charge in [0.25, 0.3) is 5.91 Å². The highest BCUT2D eigenvalue weighted by molar-refractivity contribution is 7.16. The minimum absolute atomic E-state index is 0.120. The number of halogens is 2. The first kappa shape index (κ1) is 23.9. The number of nitrogens with one attached hydrogen (secondary N) is 1. The van der Waals surface area contributed by atoms with Crippen molar-refractivity contribution >= 4 is 51.5 Å². The second-order valence-corrected chi connectivity index (χ2v) is 9.73. The van der Waals surface area contributed by atoms with Crippen molar-refractivity contribution in [1.29, 1.82) is 10.5 Å². The van der Waals surface area contributed by atoms with Crippen LogP contribution in [0.4, 0.5) is 5.00 Å². The maximum atomic E-state index is 12.9. The molecule has 170 valence electrons. The quantitative estimate of drug-likeness (QED) is 0.289. The normalized spacial score (nSPS) is 12.9. The monoisotopic (exact) mass is 507 g/mol. The van der Waals surface area contributed by atoms with Crippen molar-refractivity contribution in [2.45, 2.75) is 32.3 Å². The van der Waals surface area contributed by atoms with E-state index in [0.717, 1.165) is 41.7 Å². The van der Waals surface area contributed by atoms with Gasteiger partial charge in [-0.15, -0.1) is 11.3 Å². The van der Waals surface area contributed by atoms with Gasteiger partial charge in [0, 0.05) is 20.5 Å². The third-order valence-electron chi connectivity index (χ3n) is 5.43. The molecule has 1 aliphatic carbocycles. The maximum Gasteiger partial charge on any atom is 0.266 e. The zero-order chi connectivity index (χ0) is 24.1. The molecule has 1 aliphatic rings. The number of fused-ring (bicyclic) bond motifs is 1. The van der Waals surface area contributed by atoms with Crippen molar-refractivity contribution in [2.75, 3.05) is 5.32 Å². The number of ether oxygens (including phenoxy) is 1. The Kier molecular flexibility index (Phi) is 7.55. The molecule has 0 unspecified atom stereocenters. The molecule has 0 atom stereocenters. The van der Waals surface area contributed by atoms with Crippen LogP contribution in [0, 0.1) is 22.7 Å². The molecule has 8 heteroatoms. The zero-order valence-corrected chi connectivity index (χ0v) is 20.4. The molecular formula is C26H19Cl2N3O2S. The molecule has 2 aromatic carbocycles. The number of nitrogens with zero attached hydrogens (tertiary/aromatic N) is 2. The van der Waals surface area contributed by atoms with Gasteiger partial charge >= 0.3 is 0 Å². The Hall–Kier alpha value is -3.29. The van der Waals surface area contributed by atoms with E-state index >= 15 is 0 Å². The minimum atomic E-state index is -0.585. The number of benzene rings is 2. The van der Waals surface area contributed by atoms with E-state index in [0.29, 0.717) is 31.9 Å². The van der Waals surface area contributed by atoms with E-state index in [1.54, 1.807) is 30.3 Å². The molecule has 1 amide bonds. The number of amides is 1. The van der Waals surface area contributed by atoms with Crippen molar-refractivity contribution in [3.8, 4) is 17.9 Å². The smallest absolute Gasteiger partial charge is 0.266 e. The van der Waals surface area contributed by atoms with E-state index in [4.69, 9.17) is 27.9 Å². The molecule has 0 aliphatic heterocycles. The van der Waals surface area contributed by atoms with Gasteiger partial charge in [-0.2, -0.15) is 10.5 Å². The average Bonchev–Trinajstić information content (AvgIpc) is 3.18. The number of hydrogen-bond donors (Lipinski definition) is 1. The third-order valence-corrected chi connectivity index (χ3v) is 7.11. The van der Waals surface area contributed by atoms with Gasteiger partial charge in [0.05, 0.1) is 5.56 Å². The van der Waals surface area contributed by atoms with Gasteiger partial charge in [-0.1, -0.05) is 35.3 Å². The minimum Gasteiger partial charge on any atom is -0.488 e. The lowest BCUT2D eigenvalue weighted by Crippen LogP contribution is -2.13. The number of thiophene rings is 1. The van der Waals surface area contributed by atoms with Crippen LogP contribution in [-0.2, 0) is 24.2 Å². The fraction of sp³-hybridized carbons (Fsp3) is 0.192. The van der Waals surface area contributed by atoms with Gasteiger partial charge in [0.15, 0.2) is 0 Å². The lowest BCUT2D eigenvalue weighted by Gasteiger charge is -2.11. The summed E-state index contributed by atoms with van der Waals surface area (Å²) in [6, 6.07) is 16.5.